The highest BCUT2D eigenvalue weighted by atomic mass is 14.9. The summed E-state index contributed by atoms with van der Waals surface area (Å²) in [7, 11) is 0. The van der Waals surface area contributed by atoms with Gasteiger partial charge in [-0.2, -0.15) is 5.26 Å². The second-order valence-corrected chi connectivity index (χ2v) is 5.14. The van der Waals surface area contributed by atoms with Crippen molar-refractivity contribution in [2.45, 2.75) is 58.4 Å². The van der Waals surface area contributed by atoms with Gasteiger partial charge in [-0.15, -0.1) is 0 Å². The summed E-state index contributed by atoms with van der Waals surface area (Å²) in [5.41, 5.74) is 0. The maximum absolute atomic E-state index is 9.13. The maximum Gasteiger partial charge on any atom is 0.0981 e. The molecule has 0 radical (unpaired) electrons. The summed E-state index contributed by atoms with van der Waals surface area (Å²) in [6, 6.07) is 2.54. The third-order valence-electron chi connectivity index (χ3n) is 3.35. The Bertz CT molecular complexity index is 199. The Morgan fingerprint density at radius 3 is 2.47 bits per heavy atom. The molecule has 1 N–H and O–H groups in total. The average Bonchev–Trinajstić information content (AvgIpc) is 2.25. The fourth-order valence-corrected chi connectivity index (χ4v) is 2.31. The third kappa shape index (κ3) is 4.66. The topological polar surface area (TPSA) is 35.8 Å². The van der Waals surface area contributed by atoms with Gasteiger partial charge in [-0.05, 0) is 37.6 Å². The largest absolute Gasteiger partial charge is 0.302 e. The van der Waals surface area contributed by atoms with Gasteiger partial charge in [0, 0.05) is 0 Å². The summed E-state index contributed by atoms with van der Waals surface area (Å²) in [6.07, 6.45) is 7.65. The molecule has 0 bridgehead atoms. The fourth-order valence-electron chi connectivity index (χ4n) is 2.31. The molecule has 0 aromatic rings. The van der Waals surface area contributed by atoms with Crippen LogP contribution in [0.4, 0.5) is 0 Å². The molecule has 1 fully saturated rings. The zero-order valence-corrected chi connectivity index (χ0v) is 10.1. The third-order valence-corrected chi connectivity index (χ3v) is 3.35. The van der Waals surface area contributed by atoms with Crippen molar-refractivity contribution in [2.24, 2.45) is 11.8 Å². The smallest absolute Gasteiger partial charge is 0.0981 e. The van der Waals surface area contributed by atoms with Gasteiger partial charge in [0.2, 0.25) is 0 Å². The molecule has 2 nitrogen and oxygen atoms in total. The molecule has 0 spiro atoms. The van der Waals surface area contributed by atoms with Crippen LogP contribution in [0, 0.1) is 23.2 Å². The van der Waals surface area contributed by atoms with Crippen LogP contribution >= 0.6 is 0 Å². The van der Waals surface area contributed by atoms with Gasteiger partial charge in [0.1, 0.15) is 0 Å². The van der Waals surface area contributed by atoms with E-state index in [1.807, 2.05) is 0 Å². The van der Waals surface area contributed by atoms with Crippen LogP contribution in [0.25, 0.3) is 0 Å². The van der Waals surface area contributed by atoms with Gasteiger partial charge in [-0.1, -0.05) is 33.1 Å². The Labute approximate surface area is 94.1 Å². The van der Waals surface area contributed by atoms with E-state index in [2.05, 4.69) is 25.2 Å². The predicted octanol–water partition coefficient (Wildman–Crippen LogP) is 3.09. The Balaban J connectivity index is 2.25. The molecule has 0 aromatic heterocycles. The number of nitriles is 1. The van der Waals surface area contributed by atoms with E-state index in [-0.39, 0.29) is 6.04 Å². The SMILES string of the molecule is CC(C)CCNC(C#N)C1CCCCC1. The molecule has 15 heavy (non-hydrogen) atoms. The van der Waals surface area contributed by atoms with Gasteiger partial charge in [0.15, 0.2) is 0 Å². The summed E-state index contributed by atoms with van der Waals surface area (Å²) in [4.78, 5) is 0. The predicted molar refractivity (Wildman–Crippen MR) is 63.4 cm³/mol. The van der Waals surface area contributed by atoms with E-state index in [1.54, 1.807) is 0 Å². The monoisotopic (exact) mass is 208 g/mol. The van der Waals surface area contributed by atoms with Gasteiger partial charge < -0.3 is 5.32 Å². The van der Waals surface area contributed by atoms with Gasteiger partial charge in [-0.25, -0.2) is 0 Å². The minimum Gasteiger partial charge on any atom is -0.302 e. The average molecular weight is 208 g/mol. The van der Waals surface area contributed by atoms with Crippen molar-refractivity contribution < 1.29 is 0 Å². The van der Waals surface area contributed by atoms with Crippen LogP contribution in [-0.4, -0.2) is 12.6 Å². The molecule has 1 unspecified atom stereocenters. The molecule has 1 aliphatic carbocycles. The molecular formula is C13H24N2. The highest BCUT2D eigenvalue weighted by molar-refractivity contribution is 4.95. The summed E-state index contributed by atoms with van der Waals surface area (Å²) in [5.74, 6) is 1.33. The Morgan fingerprint density at radius 2 is 1.93 bits per heavy atom. The molecule has 0 aliphatic heterocycles. The number of nitrogens with zero attached hydrogens (tertiary/aromatic N) is 1. The minimum atomic E-state index is 0.101. The first-order valence-corrected chi connectivity index (χ1v) is 6.37. The molecule has 0 saturated heterocycles. The molecule has 0 aromatic carbocycles. The first kappa shape index (κ1) is 12.5. The summed E-state index contributed by atoms with van der Waals surface area (Å²) in [5, 5.41) is 12.5. The van der Waals surface area contributed by atoms with Crippen molar-refractivity contribution in [3.05, 3.63) is 0 Å². The summed E-state index contributed by atoms with van der Waals surface area (Å²) < 4.78 is 0. The first-order chi connectivity index (χ1) is 7.24. The van der Waals surface area contributed by atoms with Crippen molar-refractivity contribution in [1.82, 2.24) is 5.32 Å². The molecule has 1 aliphatic rings. The van der Waals surface area contributed by atoms with E-state index >= 15 is 0 Å². The lowest BCUT2D eigenvalue weighted by atomic mass is 9.84. The van der Waals surface area contributed by atoms with Crippen molar-refractivity contribution >= 4 is 0 Å². The lowest BCUT2D eigenvalue weighted by molar-refractivity contribution is 0.301. The fraction of sp³-hybridized carbons (Fsp3) is 0.923. The van der Waals surface area contributed by atoms with E-state index in [9.17, 15) is 0 Å². The normalized spacial score (nSPS) is 20.1. The maximum atomic E-state index is 9.13. The molecule has 0 amide bonds. The van der Waals surface area contributed by atoms with Crippen molar-refractivity contribution in [3.8, 4) is 6.07 Å². The van der Waals surface area contributed by atoms with Crippen LogP contribution in [-0.2, 0) is 0 Å². The number of hydrogen-bond acceptors (Lipinski definition) is 2. The van der Waals surface area contributed by atoms with Gasteiger partial charge in [-0.3, -0.25) is 0 Å². The Hall–Kier alpha value is -0.550. The number of nitrogens with one attached hydrogen (secondary N) is 1. The molecule has 1 rings (SSSR count). The second kappa shape index (κ2) is 6.85. The molecular weight excluding hydrogens is 184 g/mol. The molecule has 2 heteroatoms. The molecule has 0 heterocycles. The van der Waals surface area contributed by atoms with E-state index < -0.39 is 0 Å². The number of hydrogen-bond donors (Lipinski definition) is 1. The lowest BCUT2D eigenvalue weighted by Gasteiger charge is -2.26. The zero-order chi connectivity index (χ0) is 11.1. The standard InChI is InChI=1S/C13H24N2/c1-11(2)8-9-15-13(10-14)12-6-4-3-5-7-12/h11-13,15H,3-9H2,1-2H3. The van der Waals surface area contributed by atoms with Crippen LogP contribution in [0.3, 0.4) is 0 Å². The quantitative estimate of drug-likeness (QED) is 0.753. The first-order valence-electron chi connectivity index (χ1n) is 6.37. The highest BCUT2D eigenvalue weighted by Gasteiger charge is 2.22. The summed E-state index contributed by atoms with van der Waals surface area (Å²) >= 11 is 0. The van der Waals surface area contributed by atoms with Crippen LogP contribution in [0.5, 0.6) is 0 Å². The lowest BCUT2D eigenvalue weighted by Crippen LogP contribution is -2.36. The highest BCUT2D eigenvalue weighted by Crippen LogP contribution is 2.26. The van der Waals surface area contributed by atoms with Crippen LogP contribution in [0.15, 0.2) is 0 Å². The Morgan fingerprint density at radius 1 is 1.27 bits per heavy atom. The van der Waals surface area contributed by atoms with E-state index in [4.69, 9.17) is 5.26 Å². The minimum absolute atomic E-state index is 0.101. The van der Waals surface area contributed by atoms with E-state index in [1.165, 1.54) is 38.5 Å². The van der Waals surface area contributed by atoms with Crippen LogP contribution in [0.2, 0.25) is 0 Å². The molecule has 1 atom stereocenters. The summed E-state index contributed by atoms with van der Waals surface area (Å²) in [6.45, 7) is 5.44. The van der Waals surface area contributed by atoms with Crippen molar-refractivity contribution in [1.29, 1.82) is 5.26 Å². The van der Waals surface area contributed by atoms with Gasteiger partial charge >= 0.3 is 0 Å². The molecule has 1 saturated carbocycles. The van der Waals surface area contributed by atoms with Gasteiger partial charge in [0.05, 0.1) is 12.1 Å². The Kier molecular flexibility index (Phi) is 5.71. The zero-order valence-electron chi connectivity index (χ0n) is 10.1. The van der Waals surface area contributed by atoms with E-state index in [0.717, 1.165) is 12.5 Å². The van der Waals surface area contributed by atoms with Crippen LogP contribution in [0.1, 0.15) is 52.4 Å². The van der Waals surface area contributed by atoms with Crippen LogP contribution < -0.4 is 5.32 Å². The second-order valence-electron chi connectivity index (χ2n) is 5.14. The van der Waals surface area contributed by atoms with Crippen molar-refractivity contribution in [3.63, 3.8) is 0 Å². The molecule has 86 valence electrons. The van der Waals surface area contributed by atoms with E-state index in [0.29, 0.717) is 5.92 Å². The van der Waals surface area contributed by atoms with Gasteiger partial charge in [0.25, 0.3) is 0 Å². The number of rotatable bonds is 5. The van der Waals surface area contributed by atoms with Crippen molar-refractivity contribution in [2.75, 3.05) is 6.54 Å².